The van der Waals surface area contributed by atoms with Gasteiger partial charge in [0.05, 0.1) is 27.9 Å². The van der Waals surface area contributed by atoms with E-state index in [4.69, 9.17) is 16.9 Å². The summed E-state index contributed by atoms with van der Waals surface area (Å²) in [5.74, 6) is -1.26. The predicted molar refractivity (Wildman–Crippen MR) is 68.3 cm³/mol. The van der Waals surface area contributed by atoms with Crippen molar-refractivity contribution in [2.75, 3.05) is 5.32 Å². The van der Waals surface area contributed by atoms with Crippen molar-refractivity contribution < 1.29 is 9.18 Å². The van der Waals surface area contributed by atoms with E-state index >= 15 is 0 Å². The lowest BCUT2D eigenvalue weighted by atomic mass is 10.2. The highest BCUT2D eigenvalue weighted by Crippen LogP contribution is 2.19. The molecule has 1 aromatic heterocycles. The van der Waals surface area contributed by atoms with Crippen LogP contribution in [0.3, 0.4) is 0 Å². The first-order valence-corrected chi connectivity index (χ1v) is 5.60. The normalized spacial score (nSPS) is 9.74. The van der Waals surface area contributed by atoms with Crippen molar-refractivity contribution in [3.63, 3.8) is 0 Å². The van der Waals surface area contributed by atoms with Crippen LogP contribution in [0.5, 0.6) is 0 Å². The molecule has 4 nitrogen and oxygen atoms in total. The molecule has 94 valence electrons. The Kier molecular flexibility index (Phi) is 3.74. The van der Waals surface area contributed by atoms with E-state index in [1.165, 1.54) is 30.6 Å². The molecule has 0 radical (unpaired) electrons. The van der Waals surface area contributed by atoms with E-state index < -0.39 is 11.7 Å². The number of nitrogens with zero attached hydrogens (tertiary/aromatic N) is 2. The van der Waals surface area contributed by atoms with Crippen molar-refractivity contribution >= 4 is 23.2 Å². The number of benzene rings is 1. The number of halogens is 2. The average molecular weight is 276 g/mol. The summed E-state index contributed by atoms with van der Waals surface area (Å²) in [5, 5.41) is 11.2. The molecule has 2 aromatic rings. The molecule has 0 saturated heterocycles. The smallest absolute Gasteiger partial charge is 0.258 e. The van der Waals surface area contributed by atoms with Gasteiger partial charge >= 0.3 is 0 Å². The molecule has 0 unspecified atom stereocenters. The molecule has 0 fully saturated rings. The Balaban J connectivity index is 2.25. The second-order valence-corrected chi connectivity index (χ2v) is 4.02. The van der Waals surface area contributed by atoms with Crippen LogP contribution in [0.1, 0.15) is 15.9 Å². The Labute approximate surface area is 113 Å². The molecule has 0 spiro atoms. The topological polar surface area (TPSA) is 65.8 Å². The molecule has 1 heterocycles. The lowest BCUT2D eigenvalue weighted by molar-refractivity contribution is 0.102. The van der Waals surface area contributed by atoms with Crippen LogP contribution >= 0.6 is 11.6 Å². The van der Waals surface area contributed by atoms with E-state index in [2.05, 4.69) is 10.3 Å². The van der Waals surface area contributed by atoms with Gasteiger partial charge in [0.25, 0.3) is 5.91 Å². The van der Waals surface area contributed by atoms with Crippen molar-refractivity contribution in [2.45, 2.75) is 0 Å². The molecule has 1 amide bonds. The third-order valence-electron chi connectivity index (χ3n) is 2.36. The molecular formula is C13H7ClFN3O. The highest BCUT2D eigenvalue weighted by Gasteiger charge is 2.12. The first kappa shape index (κ1) is 13.0. The van der Waals surface area contributed by atoms with E-state index in [9.17, 15) is 9.18 Å². The number of carbonyl (C=O) groups is 1. The van der Waals surface area contributed by atoms with Gasteiger partial charge in [-0.25, -0.2) is 4.39 Å². The van der Waals surface area contributed by atoms with Crippen molar-refractivity contribution in [1.82, 2.24) is 4.98 Å². The Morgan fingerprint density at radius 1 is 1.42 bits per heavy atom. The van der Waals surface area contributed by atoms with Gasteiger partial charge in [-0.05, 0) is 24.3 Å². The molecule has 1 N–H and O–H groups in total. The third-order valence-corrected chi connectivity index (χ3v) is 2.69. The van der Waals surface area contributed by atoms with Crippen molar-refractivity contribution in [1.29, 1.82) is 5.26 Å². The fourth-order valence-electron chi connectivity index (χ4n) is 1.42. The van der Waals surface area contributed by atoms with Crippen LogP contribution in [0.15, 0.2) is 36.7 Å². The highest BCUT2D eigenvalue weighted by atomic mass is 35.5. The fraction of sp³-hybridized carbons (Fsp3) is 0. The van der Waals surface area contributed by atoms with Crippen LogP contribution in [0, 0.1) is 17.1 Å². The Morgan fingerprint density at radius 3 is 2.84 bits per heavy atom. The minimum absolute atomic E-state index is 0.0241. The van der Waals surface area contributed by atoms with E-state index in [0.29, 0.717) is 0 Å². The third kappa shape index (κ3) is 2.87. The SMILES string of the molecule is N#Cc1ccc(NC(=O)c2cnccc2Cl)c(F)c1. The van der Waals surface area contributed by atoms with Crippen molar-refractivity contribution in [2.24, 2.45) is 0 Å². The number of hydrogen-bond donors (Lipinski definition) is 1. The first-order valence-electron chi connectivity index (χ1n) is 5.22. The van der Waals surface area contributed by atoms with E-state index in [0.717, 1.165) is 6.07 Å². The number of rotatable bonds is 2. The number of anilines is 1. The molecule has 0 aliphatic carbocycles. The minimum atomic E-state index is -0.688. The maximum atomic E-state index is 13.6. The molecule has 6 heteroatoms. The molecule has 0 aliphatic rings. The fourth-order valence-corrected chi connectivity index (χ4v) is 1.61. The molecule has 0 saturated carbocycles. The number of hydrogen-bond acceptors (Lipinski definition) is 3. The minimum Gasteiger partial charge on any atom is -0.319 e. The molecular weight excluding hydrogens is 269 g/mol. The van der Waals surface area contributed by atoms with Gasteiger partial charge in [-0.15, -0.1) is 0 Å². The van der Waals surface area contributed by atoms with E-state index in [-0.39, 0.29) is 21.8 Å². The highest BCUT2D eigenvalue weighted by molar-refractivity contribution is 6.34. The average Bonchev–Trinajstić information content (AvgIpc) is 2.41. The summed E-state index contributed by atoms with van der Waals surface area (Å²) in [6.45, 7) is 0. The summed E-state index contributed by atoms with van der Waals surface area (Å²) < 4.78 is 13.6. The van der Waals surface area contributed by atoms with Crippen LogP contribution in [-0.2, 0) is 0 Å². The van der Waals surface area contributed by atoms with Crippen LogP contribution in [-0.4, -0.2) is 10.9 Å². The van der Waals surface area contributed by atoms with Gasteiger partial charge in [0.15, 0.2) is 0 Å². The van der Waals surface area contributed by atoms with Gasteiger partial charge in [-0.3, -0.25) is 9.78 Å². The van der Waals surface area contributed by atoms with E-state index in [1.807, 2.05) is 0 Å². The maximum Gasteiger partial charge on any atom is 0.258 e. The number of amides is 1. The number of nitrogens with one attached hydrogen (secondary N) is 1. The lowest BCUT2D eigenvalue weighted by Gasteiger charge is -2.07. The van der Waals surface area contributed by atoms with Gasteiger partial charge in [0.2, 0.25) is 0 Å². The van der Waals surface area contributed by atoms with Gasteiger partial charge < -0.3 is 5.32 Å². The standard InChI is InChI=1S/C13H7ClFN3O/c14-10-3-4-17-7-9(10)13(19)18-12-2-1-8(6-16)5-11(12)15/h1-5,7H,(H,18,19). The summed E-state index contributed by atoms with van der Waals surface area (Å²) in [6.07, 6.45) is 2.74. The summed E-state index contributed by atoms with van der Waals surface area (Å²) in [4.78, 5) is 15.7. The van der Waals surface area contributed by atoms with Crippen LogP contribution in [0.2, 0.25) is 5.02 Å². The Bertz CT molecular complexity index is 682. The summed E-state index contributed by atoms with van der Waals surface area (Å²) in [5.41, 5.74) is 0.298. The zero-order valence-electron chi connectivity index (χ0n) is 9.52. The number of aromatic nitrogens is 1. The van der Waals surface area contributed by atoms with Crippen LogP contribution in [0.25, 0.3) is 0 Å². The summed E-state index contributed by atoms with van der Waals surface area (Å²) in [6, 6.07) is 7.03. The first-order chi connectivity index (χ1) is 9.11. The Morgan fingerprint density at radius 2 is 2.21 bits per heavy atom. The zero-order chi connectivity index (χ0) is 13.8. The number of nitriles is 1. The van der Waals surface area contributed by atoms with Gasteiger partial charge in [0.1, 0.15) is 5.82 Å². The molecule has 0 atom stereocenters. The number of pyridine rings is 1. The van der Waals surface area contributed by atoms with Crippen molar-refractivity contribution in [3.05, 3.63) is 58.6 Å². The lowest BCUT2D eigenvalue weighted by Crippen LogP contribution is -2.13. The Hall–Kier alpha value is -2.45. The largest absolute Gasteiger partial charge is 0.319 e. The van der Waals surface area contributed by atoms with E-state index in [1.54, 1.807) is 6.07 Å². The molecule has 2 rings (SSSR count). The summed E-state index contributed by atoms with van der Waals surface area (Å²) >= 11 is 5.84. The second kappa shape index (κ2) is 5.46. The van der Waals surface area contributed by atoms with Gasteiger partial charge in [-0.2, -0.15) is 5.26 Å². The molecule has 0 bridgehead atoms. The predicted octanol–water partition coefficient (Wildman–Crippen LogP) is 3.00. The number of carbonyl (C=O) groups excluding carboxylic acids is 1. The zero-order valence-corrected chi connectivity index (χ0v) is 10.3. The van der Waals surface area contributed by atoms with Gasteiger partial charge in [-0.1, -0.05) is 11.6 Å². The van der Waals surface area contributed by atoms with Gasteiger partial charge in [0, 0.05) is 12.4 Å². The maximum absolute atomic E-state index is 13.6. The summed E-state index contributed by atoms with van der Waals surface area (Å²) in [7, 11) is 0. The molecule has 0 aliphatic heterocycles. The van der Waals surface area contributed by atoms with Crippen LogP contribution in [0.4, 0.5) is 10.1 Å². The quantitative estimate of drug-likeness (QED) is 0.916. The molecule has 1 aromatic carbocycles. The van der Waals surface area contributed by atoms with Crippen molar-refractivity contribution in [3.8, 4) is 6.07 Å². The van der Waals surface area contributed by atoms with Crippen LogP contribution < -0.4 is 5.32 Å². The monoisotopic (exact) mass is 275 g/mol. The molecule has 19 heavy (non-hydrogen) atoms. The second-order valence-electron chi connectivity index (χ2n) is 3.62.